The van der Waals surface area contributed by atoms with Crippen LogP contribution in [0.15, 0.2) is 60.7 Å². The number of aryl methyl sites for hydroxylation is 1. The Kier molecular flexibility index (Phi) is 7.10. The maximum Gasteiger partial charge on any atom is 0.325 e. The van der Waals surface area contributed by atoms with Crippen molar-refractivity contribution in [3.8, 4) is 0 Å². The van der Waals surface area contributed by atoms with Crippen molar-refractivity contribution in [1.82, 2.24) is 15.5 Å². The number of nitrogens with one attached hydrogen (secondary N) is 2. The second-order valence-electron chi connectivity index (χ2n) is 8.80. The molecule has 1 aliphatic heterocycles. The van der Waals surface area contributed by atoms with Crippen LogP contribution in [-0.2, 0) is 16.0 Å². The van der Waals surface area contributed by atoms with Crippen LogP contribution < -0.4 is 10.6 Å². The molecule has 2 aromatic rings. The number of rotatable bonds is 9. The number of hydrogen-bond donors (Lipinski definition) is 2. The molecule has 0 aromatic heterocycles. The Balaban J connectivity index is 1.63. The van der Waals surface area contributed by atoms with Gasteiger partial charge in [0, 0.05) is 0 Å². The van der Waals surface area contributed by atoms with Gasteiger partial charge < -0.3 is 10.6 Å². The number of benzene rings is 2. The topological polar surface area (TPSA) is 78.5 Å². The molecule has 31 heavy (non-hydrogen) atoms. The van der Waals surface area contributed by atoms with Crippen LogP contribution in [0.1, 0.15) is 50.8 Å². The van der Waals surface area contributed by atoms with Gasteiger partial charge in [-0.3, -0.25) is 14.5 Å². The van der Waals surface area contributed by atoms with Gasteiger partial charge in [0.25, 0.3) is 5.91 Å². The molecule has 6 nitrogen and oxygen atoms in total. The smallest absolute Gasteiger partial charge is 0.325 e. The summed E-state index contributed by atoms with van der Waals surface area (Å²) in [6.07, 6.45) is 1.90. The Morgan fingerprint density at radius 1 is 1.03 bits per heavy atom. The summed E-state index contributed by atoms with van der Waals surface area (Å²) >= 11 is 0. The van der Waals surface area contributed by atoms with E-state index >= 15 is 0 Å². The fraction of sp³-hybridized carbons (Fsp3) is 0.400. The molecule has 0 spiro atoms. The zero-order valence-corrected chi connectivity index (χ0v) is 18.4. The average Bonchev–Trinajstić information content (AvgIpc) is 2.96. The molecule has 2 N–H and O–H groups in total. The van der Waals surface area contributed by atoms with E-state index in [0.717, 1.165) is 22.4 Å². The van der Waals surface area contributed by atoms with Crippen molar-refractivity contribution in [2.75, 3.05) is 6.54 Å². The van der Waals surface area contributed by atoms with Gasteiger partial charge in [-0.25, -0.2) is 4.79 Å². The molecule has 164 valence electrons. The summed E-state index contributed by atoms with van der Waals surface area (Å²) in [6, 6.07) is 18.9. The van der Waals surface area contributed by atoms with Crippen molar-refractivity contribution in [3.05, 3.63) is 71.8 Å². The number of amides is 4. The summed E-state index contributed by atoms with van der Waals surface area (Å²) in [5.74, 6) is -0.322. The molecule has 1 saturated heterocycles. The molecule has 1 fully saturated rings. The highest BCUT2D eigenvalue weighted by Gasteiger charge is 2.47. The lowest BCUT2D eigenvalue weighted by molar-refractivity contribution is -0.135. The van der Waals surface area contributed by atoms with Gasteiger partial charge in [0.2, 0.25) is 5.91 Å². The lowest BCUT2D eigenvalue weighted by atomic mass is 9.93. The van der Waals surface area contributed by atoms with Gasteiger partial charge in [-0.05, 0) is 43.2 Å². The van der Waals surface area contributed by atoms with Crippen molar-refractivity contribution in [3.63, 3.8) is 0 Å². The Morgan fingerprint density at radius 2 is 1.65 bits per heavy atom. The van der Waals surface area contributed by atoms with Gasteiger partial charge in [0.05, 0.1) is 6.04 Å². The Labute approximate surface area is 184 Å². The summed E-state index contributed by atoms with van der Waals surface area (Å²) < 4.78 is 0. The molecule has 4 amide bonds. The van der Waals surface area contributed by atoms with Crippen molar-refractivity contribution in [1.29, 1.82) is 0 Å². The second-order valence-corrected chi connectivity index (χ2v) is 8.80. The van der Waals surface area contributed by atoms with E-state index in [1.54, 1.807) is 6.92 Å². The van der Waals surface area contributed by atoms with Crippen molar-refractivity contribution < 1.29 is 14.4 Å². The predicted molar refractivity (Wildman–Crippen MR) is 120 cm³/mol. The molecular formula is C25H31N3O3. The Hall–Kier alpha value is -3.15. The van der Waals surface area contributed by atoms with Crippen molar-refractivity contribution in [2.45, 2.75) is 51.6 Å². The lowest BCUT2D eigenvalue weighted by Crippen LogP contribution is -2.45. The molecule has 2 atom stereocenters. The summed E-state index contributed by atoms with van der Waals surface area (Å²) in [5.41, 5.74) is 1.10. The fourth-order valence-electron chi connectivity index (χ4n) is 3.92. The van der Waals surface area contributed by atoms with Crippen LogP contribution in [0.25, 0.3) is 0 Å². The van der Waals surface area contributed by atoms with Crippen LogP contribution >= 0.6 is 0 Å². The van der Waals surface area contributed by atoms with Gasteiger partial charge in [-0.1, -0.05) is 74.5 Å². The first kappa shape index (κ1) is 22.5. The van der Waals surface area contributed by atoms with Crippen LogP contribution in [0.2, 0.25) is 0 Å². The van der Waals surface area contributed by atoms with Gasteiger partial charge >= 0.3 is 6.03 Å². The summed E-state index contributed by atoms with van der Waals surface area (Å²) in [4.78, 5) is 39.3. The number of nitrogens with zero attached hydrogens (tertiary/aromatic N) is 1. The van der Waals surface area contributed by atoms with Crippen LogP contribution in [0.4, 0.5) is 4.79 Å². The first-order chi connectivity index (χ1) is 14.8. The lowest BCUT2D eigenvalue weighted by Gasteiger charge is -2.23. The van der Waals surface area contributed by atoms with E-state index < -0.39 is 11.6 Å². The molecule has 0 radical (unpaired) electrons. The highest BCUT2D eigenvalue weighted by Crippen LogP contribution is 2.24. The molecule has 3 rings (SSSR count). The fourth-order valence-corrected chi connectivity index (χ4v) is 3.92. The number of hydrogen-bond acceptors (Lipinski definition) is 3. The highest BCUT2D eigenvalue weighted by atomic mass is 16.2. The largest absolute Gasteiger partial charge is 0.348 e. The van der Waals surface area contributed by atoms with E-state index in [1.807, 2.05) is 60.7 Å². The van der Waals surface area contributed by atoms with Gasteiger partial charge in [0.15, 0.2) is 0 Å². The van der Waals surface area contributed by atoms with Crippen LogP contribution in [-0.4, -0.2) is 34.8 Å². The highest BCUT2D eigenvalue weighted by molar-refractivity contribution is 6.08. The third-order valence-corrected chi connectivity index (χ3v) is 5.65. The van der Waals surface area contributed by atoms with Crippen molar-refractivity contribution >= 4 is 17.8 Å². The molecule has 0 aliphatic carbocycles. The van der Waals surface area contributed by atoms with Crippen molar-refractivity contribution in [2.24, 2.45) is 5.92 Å². The average molecular weight is 422 g/mol. The molecule has 0 unspecified atom stereocenters. The van der Waals surface area contributed by atoms with Crippen LogP contribution in [0.3, 0.4) is 0 Å². The van der Waals surface area contributed by atoms with Crippen LogP contribution in [0, 0.1) is 5.92 Å². The molecular weight excluding hydrogens is 390 g/mol. The molecule has 0 bridgehead atoms. The molecule has 0 saturated carbocycles. The minimum absolute atomic E-state index is 0.168. The van der Waals surface area contributed by atoms with E-state index in [9.17, 15) is 14.4 Å². The number of carbonyl (C=O) groups excluding carboxylic acids is 3. The summed E-state index contributed by atoms with van der Waals surface area (Å²) in [7, 11) is 0. The monoisotopic (exact) mass is 421 g/mol. The zero-order valence-electron chi connectivity index (χ0n) is 18.4. The number of urea groups is 1. The zero-order chi connectivity index (χ0) is 22.4. The number of imide groups is 1. The Bertz CT molecular complexity index is 914. The van der Waals surface area contributed by atoms with Gasteiger partial charge in [-0.15, -0.1) is 0 Å². The first-order valence-corrected chi connectivity index (χ1v) is 10.8. The SMILES string of the molecule is CC(C)C[C@@H](NC(=O)CN1C(=O)N[C@@](C)(CCc2ccccc2)C1=O)c1ccccc1. The molecule has 2 aromatic carbocycles. The first-order valence-electron chi connectivity index (χ1n) is 10.8. The summed E-state index contributed by atoms with van der Waals surface area (Å²) in [5, 5.41) is 5.79. The summed E-state index contributed by atoms with van der Waals surface area (Å²) in [6.45, 7) is 5.63. The van der Waals surface area contributed by atoms with E-state index in [4.69, 9.17) is 0 Å². The normalized spacial score (nSPS) is 19.4. The maximum absolute atomic E-state index is 13.0. The quantitative estimate of drug-likeness (QED) is 0.604. The van der Waals surface area contributed by atoms with Gasteiger partial charge in [-0.2, -0.15) is 0 Å². The molecule has 1 aliphatic rings. The number of carbonyl (C=O) groups is 3. The van der Waals surface area contributed by atoms with E-state index in [2.05, 4.69) is 24.5 Å². The van der Waals surface area contributed by atoms with E-state index in [1.165, 1.54) is 0 Å². The molecule has 6 heteroatoms. The minimum Gasteiger partial charge on any atom is -0.348 e. The third-order valence-electron chi connectivity index (χ3n) is 5.65. The maximum atomic E-state index is 13.0. The second kappa shape index (κ2) is 9.77. The van der Waals surface area contributed by atoms with E-state index in [-0.39, 0.29) is 24.4 Å². The Morgan fingerprint density at radius 3 is 2.26 bits per heavy atom. The van der Waals surface area contributed by atoms with Crippen LogP contribution in [0.5, 0.6) is 0 Å². The van der Waals surface area contributed by atoms with Gasteiger partial charge in [0.1, 0.15) is 12.1 Å². The molecule has 1 heterocycles. The predicted octanol–water partition coefficient (Wildman–Crippen LogP) is 3.83. The third kappa shape index (κ3) is 5.72. The minimum atomic E-state index is -1.01. The van der Waals surface area contributed by atoms with E-state index in [0.29, 0.717) is 18.8 Å². The standard InChI is InChI=1S/C25H31N3O3/c1-18(2)16-21(20-12-8-5-9-13-20)26-22(29)17-28-23(30)25(3,27-24(28)31)15-14-19-10-6-4-7-11-19/h4-13,18,21H,14-17H2,1-3H3,(H,26,29)(H,27,31)/t21-,25+/m1/s1.